The lowest BCUT2D eigenvalue weighted by molar-refractivity contribution is -0.116. The molecule has 4 rings (SSSR count). The summed E-state index contributed by atoms with van der Waals surface area (Å²) in [6, 6.07) is 19.5. The summed E-state index contributed by atoms with van der Waals surface area (Å²) in [4.78, 5) is 27.6. The zero-order valence-corrected chi connectivity index (χ0v) is 18.7. The minimum absolute atomic E-state index is 0.144. The fraction of sp³-hybridized carbons (Fsp3) is 0.308. The van der Waals surface area contributed by atoms with Gasteiger partial charge in [-0.1, -0.05) is 67.6 Å². The van der Waals surface area contributed by atoms with Crippen LogP contribution in [0.5, 0.6) is 0 Å². The van der Waals surface area contributed by atoms with Crippen LogP contribution in [-0.4, -0.2) is 18.5 Å². The molecule has 2 aromatic carbocycles. The maximum absolute atomic E-state index is 13.6. The van der Waals surface area contributed by atoms with Crippen molar-refractivity contribution in [2.75, 3.05) is 11.9 Å². The minimum Gasteiger partial charge on any atom is -0.462 e. The molecule has 1 amide bonds. The van der Waals surface area contributed by atoms with Crippen LogP contribution in [0, 0.1) is 5.92 Å². The molecule has 0 fully saturated rings. The Morgan fingerprint density at radius 2 is 1.68 bits per heavy atom. The largest absolute Gasteiger partial charge is 0.462 e. The number of carbonyl (C=O) groups excluding carboxylic acids is 2. The monoisotopic (exact) mass is 433 g/mol. The van der Waals surface area contributed by atoms with Gasteiger partial charge in [-0.25, -0.2) is 4.79 Å². The molecule has 1 aliphatic carbocycles. The SMILES string of the molecule is CCOC(=O)c1c(NC(=O)C(c2ccccc2)c2ccccc2)sc2c1CC[C@H](C)C2. The predicted molar refractivity (Wildman–Crippen MR) is 125 cm³/mol. The number of esters is 1. The molecule has 5 heteroatoms. The van der Waals surface area contributed by atoms with E-state index in [1.165, 1.54) is 16.2 Å². The second-order valence-corrected chi connectivity index (χ2v) is 9.13. The van der Waals surface area contributed by atoms with E-state index < -0.39 is 5.92 Å². The van der Waals surface area contributed by atoms with E-state index in [0.29, 0.717) is 23.1 Å². The molecule has 0 aliphatic heterocycles. The molecule has 0 saturated heterocycles. The van der Waals surface area contributed by atoms with Crippen LogP contribution < -0.4 is 5.32 Å². The predicted octanol–water partition coefficient (Wildman–Crippen LogP) is 5.82. The Kier molecular flexibility index (Phi) is 6.52. The molecule has 1 aliphatic rings. The van der Waals surface area contributed by atoms with E-state index in [1.54, 1.807) is 6.92 Å². The first-order valence-electron chi connectivity index (χ1n) is 10.8. The summed E-state index contributed by atoms with van der Waals surface area (Å²) in [5.74, 6) is -0.378. The summed E-state index contributed by atoms with van der Waals surface area (Å²) in [5.41, 5.74) is 3.42. The molecular formula is C26H27NO3S. The number of fused-ring (bicyclic) bond motifs is 1. The maximum Gasteiger partial charge on any atom is 0.341 e. The molecule has 0 radical (unpaired) electrons. The van der Waals surface area contributed by atoms with Crippen molar-refractivity contribution < 1.29 is 14.3 Å². The molecule has 1 heterocycles. The molecule has 1 atom stereocenters. The summed E-state index contributed by atoms with van der Waals surface area (Å²) in [7, 11) is 0. The molecule has 0 unspecified atom stereocenters. The number of hydrogen-bond donors (Lipinski definition) is 1. The van der Waals surface area contributed by atoms with Crippen molar-refractivity contribution in [3.8, 4) is 0 Å². The van der Waals surface area contributed by atoms with Gasteiger partial charge in [0.25, 0.3) is 0 Å². The number of ether oxygens (including phenoxy) is 1. The molecule has 0 bridgehead atoms. The quantitative estimate of drug-likeness (QED) is 0.498. The Hall–Kier alpha value is -2.92. The van der Waals surface area contributed by atoms with Crippen LogP contribution in [-0.2, 0) is 22.4 Å². The van der Waals surface area contributed by atoms with Crippen LogP contribution in [0.25, 0.3) is 0 Å². The summed E-state index contributed by atoms with van der Waals surface area (Å²) in [6.45, 7) is 4.34. The van der Waals surface area contributed by atoms with Gasteiger partial charge in [0.05, 0.1) is 18.1 Å². The van der Waals surface area contributed by atoms with Crippen molar-refractivity contribution in [3.63, 3.8) is 0 Å². The van der Waals surface area contributed by atoms with Crippen molar-refractivity contribution >= 4 is 28.2 Å². The topological polar surface area (TPSA) is 55.4 Å². The van der Waals surface area contributed by atoms with Gasteiger partial charge in [-0.3, -0.25) is 4.79 Å². The van der Waals surface area contributed by atoms with Crippen molar-refractivity contribution in [1.82, 2.24) is 0 Å². The summed E-state index contributed by atoms with van der Waals surface area (Å²) >= 11 is 1.52. The van der Waals surface area contributed by atoms with E-state index in [2.05, 4.69) is 12.2 Å². The highest BCUT2D eigenvalue weighted by molar-refractivity contribution is 7.17. The molecule has 31 heavy (non-hydrogen) atoms. The van der Waals surface area contributed by atoms with E-state index in [9.17, 15) is 9.59 Å². The molecule has 4 nitrogen and oxygen atoms in total. The lowest BCUT2D eigenvalue weighted by atomic mass is 9.88. The number of thiophene rings is 1. The van der Waals surface area contributed by atoms with Crippen molar-refractivity contribution in [2.45, 2.75) is 39.0 Å². The van der Waals surface area contributed by atoms with Crippen molar-refractivity contribution in [2.24, 2.45) is 5.92 Å². The normalized spacial score (nSPS) is 15.4. The maximum atomic E-state index is 13.6. The van der Waals surface area contributed by atoms with Crippen LogP contribution in [0.1, 0.15) is 58.1 Å². The molecule has 160 valence electrons. The smallest absolute Gasteiger partial charge is 0.341 e. The van der Waals surface area contributed by atoms with E-state index in [4.69, 9.17) is 4.74 Å². The van der Waals surface area contributed by atoms with Crippen LogP contribution in [0.3, 0.4) is 0 Å². The highest BCUT2D eigenvalue weighted by Crippen LogP contribution is 2.41. The number of hydrogen-bond acceptors (Lipinski definition) is 4. The van der Waals surface area contributed by atoms with Crippen LogP contribution in [0.2, 0.25) is 0 Å². The Labute approximate surface area is 187 Å². The van der Waals surface area contributed by atoms with E-state index in [-0.39, 0.29) is 11.9 Å². The molecule has 1 aromatic heterocycles. The molecule has 0 spiro atoms. The first-order chi connectivity index (χ1) is 15.1. The number of rotatable bonds is 6. The average Bonchev–Trinajstić information content (AvgIpc) is 3.12. The molecular weight excluding hydrogens is 406 g/mol. The van der Waals surface area contributed by atoms with E-state index >= 15 is 0 Å². The molecule has 1 N–H and O–H groups in total. The van der Waals surface area contributed by atoms with Crippen LogP contribution >= 0.6 is 11.3 Å². The zero-order chi connectivity index (χ0) is 21.8. The van der Waals surface area contributed by atoms with E-state index in [1.807, 2.05) is 60.7 Å². The number of nitrogens with one attached hydrogen (secondary N) is 1. The van der Waals surface area contributed by atoms with Crippen molar-refractivity contribution in [3.05, 3.63) is 87.8 Å². The van der Waals surface area contributed by atoms with Gasteiger partial charge in [-0.2, -0.15) is 0 Å². The summed E-state index contributed by atoms with van der Waals surface area (Å²) in [5, 5.41) is 3.71. The lowest BCUT2D eigenvalue weighted by Crippen LogP contribution is -2.23. The Balaban J connectivity index is 1.71. The van der Waals surface area contributed by atoms with Gasteiger partial charge >= 0.3 is 5.97 Å². The molecule has 3 aromatic rings. The highest BCUT2D eigenvalue weighted by atomic mass is 32.1. The zero-order valence-electron chi connectivity index (χ0n) is 17.9. The fourth-order valence-corrected chi connectivity index (χ4v) is 5.63. The average molecular weight is 434 g/mol. The Morgan fingerprint density at radius 3 is 2.26 bits per heavy atom. The first-order valence-corrected chi connectivity index (χ1v) is 11.6. The van der Waals surface area contributed by atoms with Gasteiger partial charge in [0, 0.05) is 4.88 Å². The van der Waals surface area contributed by atoms with Crippen molar-refractivity contribution in [1.29, 1.82) is 0 Å². The third-order valence-electron chi connectivity index (χ3n) is 5.76. The van der Waals surface area contributed by atoms with Crippen LogP contribution in [0.4, 0.5) is 5.00 Å². The van der Waals surface area contributed by atoms with E-state index in [0.717, 1.165) is 36.0 Å². The van der Waals surface area contributed by atoms with Gasteiger partial charge in [0.2, 0.25) is 5.91 Å². The second kappa shape index (κ2) is 9.48. The van der Waals surface area contributed by atoms with Gasteiger partial charge in [-0.15, -0.1) is 11.3 Å². The highest BCUT2D eigenvalue weighted by Gasteiger charge is 2.31. The van der Waals surface area contributed by atoms with Gasteiger partial charge < -0.3 is 10.1 Å². The Bertz CT molecular complexity index is 1020. The number of carbonyl (C=O) groups is 2. The minimum atomic E-state index is -0.463. The molecule has 0 saturated carbocycles. The Morgan fingerprint density at radius 1 is 1.06 bits per heavy atom. The van der Waals surface area contributed by atoms with Crippen LogP contribution in [0.15, 0.2) is 60.7 Å². The van der Waals surface area contributed by atoms with Gasteiger partial charge in [0.15, 0.2) is 0 Å². The first kappa shape index (κ1) is 21.3. The summed E-state index contributed by atoms with van der Waals surface area (Å²) < 4.78 is 5.35. The third kappa shape index (κ3) is 4.57. The fourth-order valence-electron chi connectivity index (χ4n) is 4.23. The number of amides is 1. The van der Waals surface area contributed by atoms with Gasteiger partial charge in [0.1, 0.15) is 5.00 Å². The third-order valence-corrected chi connectivity index (χ3v) is 6.93. The number of benzene rings is 2. The van der Waals surface area contributed by atoms with Gasteiger partial charge in [-0.05, 0) is 48.8 Å². The summed E-state index contributed by atoms with van der Waals surface area (Å²) in [6.07, 6.45) is 2.82. The standard InChI is InChI=1S/C26H27NO3S/c1-3-30-26(29)23-20-15-14-17(2)16-21(20)31-25(23)27-24(28)22(18-10-6-4-7-11-18)19-12-8-5-9-13-19/h4-13,17,22H,3,14-16H2,1-2H3,(H,27,28)/t17-/m0/s1. The lowest BCUT2D eigenvalue weighted by Gasteiger charge is -2.19. The number of anilines is 1. The second-order valence-electron chi connectivity index (χ2n) is 8.02.